The van der Waals surface area contributed by atoms with E-state index in [1.807, 2.05) is 18.2 Å². The van der Waals surface area contributed by atoms with E-state index in [2.05, 4.69) is 37.0 Å². The summed E-state index contributed by atoms with van der Waals surface area (Å²) in [5, 5.41) is 0.663. The van der Waals surface area contributed by atoms with E-state index in [0.717, 1.165) is 16.7 Å². The van der Waals surface area contributed by atoms with E-state index in [1.54, 1.807) is 12.1 Å². The molecular weight excluding hydrogens is 270 g/mol. The number of rotatable bonds is 2. The number of hydrogen-bond donors (Lipinski definition) is 0. The summed E-state index contributed by atoms with van der Waals surface area (Å²) in [5.74, 6) is 0.585. The molecule has 0 aliphatic rings. The maximum absolute atomic E-state index is 5.94. The lowest BCUT2D eigenvalue weighted by atomic mass is 10.1. The van der Waals surface area contributed by atoms with Crippen molar-refractivity contribution in [3.63, 3.8) is 0 Å². The molecule has 0 radical (unpaired) electrons. The Balaban J connectivity index is 1.94. The van der Waals surface area contributed by atoms with Gasteiger partial charge in [-0.25, -0.2) is 4.98 Å². The molecule has 0 aliphatic heterocycles. The largest absolute Gasteiger partial charge is 0.437 e. The Kier molecular flexibility index (Phi) is 3.33. The summed E-state index contributed by atoms with van der Waals surface area (Å²) in [6.07, 6.45) is 3.90. The van der Waals surface area contributed by atoms with Gasteiger partial charge in [0.25, 0.3) is 0 Å². The highest BCUT2D eigenvalue weighted by Gasteiger charge is 2.03. The Morgan fingerprint density at radius 1 is 1.05 bits per heavy atom. The van der Waals surface area contributed by atoms with Crippen molar-refractivity contribution in [1.29, 1.82) is 0 Å². The van der Waals surface area contributed by atoms with Crippen LogP contribution in [0.25, 0.3) is 23.3 Å². The molecule has 0 fully saturated rings. The number of hydrogen-bond acceptors (Lipinski definition) is 2. The molecule has 1 aromatic heterocycles. The second-order valence-corrected chi connectivity index (χ2v) is 5.29. The Morgan fingerprint density at radius 3 is 2.70 bits per heavy atom. The molecule has 3 aromatic rings. The van der Waals surface area contributed by atoms with Gasteiger partial charge in [-0.15, -0.1) is 0 Å². The van der Waals surface area contributed by atoms with Crippen LogP contribution in [0.1, 0.15) is 22.6 Å². The quantitative estimate of drug-likeness (QED) is 0.640. The molecule has 1 heterocycles. The van der Waals surface area contributed by atoms with Gasteiger partial charge in [-0.05, 0) is 49.2 Å². The zero-order valence-corrected chi connectivity index (χ0v) is 12.1. The van der Waals surface area contributed by atoms with Crippen molar-refractivity contribution in [2.75, 3.05) is 0 Å². The van der Waals surface area contributed by atoms with Gasteiger partial charge in [0.15, 0.2) is 5.58 Å². The van der Waals surface area contributed by atoms with E-state index in [1.165, 1.54) is 11.1 Å². The molecule has 0 aliphatic carbocycles. The lowest BCUT2D eigenvalue weighted by Gasteiger charge is -2.00. The molecule has 0 N–H and O–H groups in total. The van der Waals surface area contributed by atoms with Gasteiger partial charge in [0, 0.05) is 11.1 Å². The van der Waals surface area contributed by atoms with Gasteiger partial charge in [-0.3, -0.25) is 0 Å². The molecule has 2 nitrogen and oxygen atoms in total. The molecule has 3 rings (SSSR count). The van der Waals surface area contributed by atoms with Crippen LogP contribution in [0.5, 0.6) is 0 Å². The molecule has 0 saturated heterocycles. The molecule has 3 heteroatoms. The molecular formula is C17H14ClNO. The fourth-order valence-corrected chi connectivity index (χ4v) is 2.33. The summed E-state index contributed by atoms with van der Waals surface area (Å²) in [4.78, 5) is 4.40. The van der Waals surface area contributed by atoms with E-state index in [4.69, 9.17) is 16.0 Å². The number of fused-ring (bicyclic) bond motifs is 1. The zero-order valence-electron chi connectivity index (χ0n) is 11.4. The van der Waals surface area contributed by atoms with Crippen LogP contribution >= 0.6 is 11.6 Å². The number of nitrogens with zero attached hydrogens (tertiary/aromatic N) is 1. The number of halogens is 1. The first-order valence-corrected chi connectivity index (χ1v) is 6.81. The van der Waals surface area contributed by atoms with Crippen molar-refractivity contribution < 1.29 is 4.42 Å². The minimum Gasteiger partial charge on any atom is -0.437 e. The van der Waals surface area contributed by atoms with Gasteiger partial charge in [0.1, 0.15) is 5.52 Å². The van der Waals surface area contributed by atoms with Crippen LogP contribution in [0.3, 0.4) is 0 Å². The molecule has 2 aromatic carbocycles. The van der Waals surface area contributed by atoms with Gasteiger partial charge in [0.05, 0.1) is 0 Å². The first-order chi connectivity index (χ1) is 9.61. The lowest BCUT2D eigenvalue weighted by molar-refractivity contribution is 0.590. The molecule has 0 spiro atoms. The van der Waals surface area contributed by atoms with Crippen LogP contribution in [0.2, 0.25) is 5.02 Å². The Hall–Kier alpha value is -2.06. The monoisotopic (exact) mass is 283 g/mol. The maximum Gasteiger partial charge on any atom is 0.220 e. The van der Waals surface area contributed by atoms with Crippen molar-refractivity contribution in [3.05, 3.63) is 64.0 Å². The van der Waals surface area contributed by atoms with Gasteiger partial charge < -0.3 is 4.42 Å². The minimum absolute atomic E-state index is 0.585. The molecule has 0 saturated carbocycles. The Bertz CT molecular complexity index is 802. The lowest BCUT2D eigenvalue weighted by Crippen LogP contribution is -1.81. The van der Waals surface area contributed by atoms with Crippen LogP contribution in [0.15, 0.2) is 40.8 Å². The number of aryl methyl sites for hydroxylation is 2. The van der Waals surface area contributed by atoms with Crippen molar-refractivity contribution in [1.82, 2.24) is 4.98 Å². The van der Waals surface area contributed by atoms with Crippen LogP contribution in [-0.2, 0) is 0 Å². The van der Waals surface area contributed by atoms with Gasteiger partial charge in [-0.2, -0.15) is 0 Å². The highest BCUT2D eigenvalue weighted by molar-refractivity contribution is 6.31. The number of aromatic nitrogens is 1. The summed E-state index contributed by atoms with van der Waals surface area (Å²) in [7, 11) is 0. The van der Waals surface area contributed by atoms with E-state index < -0.39 is 0 Å². The number of oxazole rings is 1. The highest BCUT2D eigenvalue weighted by Crippen LogP contribution is 2.21. The molecule has 0 amide bonds. The second kappa shape index (κ2) is 5.14. The molecule has 0 unspecified atom stereocenters. The summed E-state index contributed by atoms with van der Waals surface area (Å²) >= 11 is 5.94. The fraction of sp³-hybridized carbons (Fsp3) is 0.118. The van der Waals surface area contributed by atoms with E-state index >= 15 is 0 Å². The predicted molar refractivity (Wildman–Crippen MR) is 83.9 cm³/mol. The first kappa shape index (κ1) is 12.9. The smallest absolute Gasteiger partial charge is 0.220 e. The van der Waals surface area contributed by atoms with E-state index in [0.29, 0.717) is 10.9 Å². The second-order valence-electron chi connectivity index (χ2n) is 4.86. The summed E-state index contributed by atoms with van der Waals surface area (Å²) < 4.78 is 5.65. The molecule has 0 bridgehead atoms. The van der Waals surface area contributed by atoms with Crippen LogP contribution in [-0.4, -0.2) is 4.98 Å². The average Bonchev–Trinajstić information content (AvgIpc) is 2.79. The van der Waals surface area contributed by atoms with Crippen LogP contribution in [0.4, 0.5) is 0 Å². The topological polar surface area (TPSA) is 26.0 Å². The van der Waals surface area contributed by atoms with E-state index in [9.17, 15) is 0 Å². The summed E-state index contributed by atoms with van der Waals surface area (Å²) in [5.41, 5.74) is 5.18. The van der Waals surface area contributed by atoms with Crippen LogP contribution in [0, 0.1) is 13.8 Å². The normalized spacial score (nSPS) is 11.6. The minimum atomic E-state index is 0.585. The van der Waals surface area contributed by atoms with Crippen molar-refractivity contribution in [2.24, 2.45) is 0 Å². The van der Waals surface area contributed by atoms with Gasteiger partial charge in [0.2, 0.25) is 5.89 Å². The third-order valence-corrected chi connectivity index (χ3v) is 3.43. The average molecular weight is 284 g/mol. The number of benzene rings is 2. The SMILES string of the molecule is Cc1ccc(C=Cc2nc3cc(Cl)ccc3o2)c(C)c1. The first-order valence-electron chi connectivity index (χ1n) is 6.43. The summed E-state index contributed by atoms with van der Waals surface area (Å²) in [6, 6.07) is 11.8. The maximum atomic E-state index is 5.94. The third-order valence-electron chi connectivity index (χ3n) is 3.20. The molecule has 20 heavy (non-hydrogen) atoms. The Morgan fingerprint density at radius 2 is 1.90 bits per heavy atom. The molecule has 100 valence electrons. The molecule has 0 atom stereocenters. The van der Waals surface area contributed by atoms with Gasteiger partial charge >= 0.3 is 0 Å². The standard InChI is InChI=1S/C17H14ClNO/c1-11-3-4-13(12(2)9-11)5-8-17-19-15-10-14(18)6-7-16(15)20-17/h3-10H,1-2H3. The van der Waals surface area contributed by atoms with E-state index in [-0.39, 0.29) is 0 Å². The highest BCUT2D eigenvalue weighted by atomic mass is 35.5. The van der Waals surface area contributed by atoms with Crippen molar-refractivity contribution in [2.45, 2.75) is 13.8 Å². The van der Waals surface area contributed by atoms with Crippen molar-refractivity contribution in [3.8, 4) is 0 Å². The summed E-state index contributed by atoms with van der Waals surface area (Å²) in [6.45, 7) is 4.18. The third kappa shape index (κ3) is 2.61. The van der Waals surface area contributed by atoms with Gasteiger partial charge in [-0.1, -0.05) is 35.4 Å². The Labute approximate surface area is 122 Å². The van der Waals surface area contributed by atoms with Crippen LogP contribution < -0.4 is 0 Å². The predicted octanol–water partition coefficient (Wildman–Crippen LogP) is 5.27. The fourth-order valence-electron chi connectivity index (χ4n) is 2.16. The van der Waals surface area contributed by atoms with Crippen molar-refractivity contribution >= 4 is 34.9 Å². The zero-order chi connectivity index (χ0) is 14.1.